The molecule has 1 rings (SSSR count). The Bertz CT molecular complexity index is 194. The van der Waals surface area contributed by atoms with Crippen LogP contribution in [0.15, 0.2) is 0 Å². The first-order valence-corrected chi connectivity index (χ1v) is 6.44. The van der Waals surface area contributed by atoms with E-state index in [2.05, 4.69) is 27.7 Å². The van der Waals surface area contributed by atoms with E-state index < -0.39 is 0 Å². The minimum Gasteiger partial charge on any atom is -0.303 e. The molecule has 1 nitrogen and oxygen atoms in total. The number of carbonyl (C=O) groups excluding carboxylic acids is 1. The first-order valence-electron chi connectivity index (χ1n) is 6.44. The summed E-state index contributed by atoms with van der Waals surface area (Å²) >= 11 is 0. The summed E-state index contributed by atoms with van der Waals surface area (Å²) in [6.07, 6.45) is 7.37. The molecule has 1 fully saturated rings. The molecule has 0 aliphatic heterocycles. The summed E-state index contributed by atoms with van der Waals surface area (Å²) in [5.41, 5.74) is 0.452. The summed E-state index contributed by atoms with van der Waals surface area (Å²) in [6, 6.07) is 0. The Hall–Kier alpha value is -0.330. The van der Waals surface area contributed by atoms with Crippen molar-refractivity contribution < 1.29 is 4.79 Å². The van der Waals surface area contributed by atoms with Gasteiger partial charge in [0.15, 0.2) is 0 Å². The molecule has 0 amide bonds. The van der Waals surface area contributed by atoms with Gasteiger partial charge in [0, 0.05) is 5.92 Å². The third-order valence-electron chi connectivity index (χ3n) is 4.25. The van der Waals surface area contributed by atoms with Gasteiger partial charge in [0.1, 0.15) is 6.29 Å². The van der Waals surface area contributed by atoms with Crippen LogP contribution in [0.25, 0.3) is 0 Å². The molecule has 1 heteroatoms. The number of carbonyl (C=O) groups is 1. The maximum atomic E-state index is 10.9. The number of aldehydes is 1. The summed E-state index contributed by atoms with van der Waals surface area (Å²) in [6.45, 7) is 9.16. The zero-order chi connectivity index (χ0) is 11.5. The molecule has 1 atom stereocenters. The fourth-order valence-corrected chi connectivity index (χ4v) is 2.95. The Labute approximate surface area is 94.6 Å². The number of hydrogen-bond acceptors (Lipinski definition) is 1. The maximum absolute atomic E-state index is 10.9. The van der Waals surface area contributed by atoms with Gasteiger partial charge in [-0.25, -0.2) is 0 Å². The lowest BCUT2D eigenvalue weighted by atomic mass is 9.67. The van der Waals surface area contributed by atoms with Crippen LogP contribution in [0.4, 0.5) is 0 Å². The summed E-state index contributed by atoms with van der Waals surface area (Å²) in [7, 11) is 0. The molecule has 0 spiro atoms. The van der Waals surface area contributed by atoms with Crippen molar-refractivity contribution in [3.8, 4) is 0 Å². The molecule has 88 valence electrons. The topological polar surface area (TPSA) is 17.1 Å². The van der Waals surface area contributed by atoms with Gasteiger partial charge in [-0.1, -0.05) is 27.7 Å². The molecule has 0 radical (unpaired) electrons. The van der Waals surface area contributed by atoms with Crippen LogP contribution in [0.1, 0.15) is 59.8 Å². The molecule has 15 heavy (non-hydrogen) atoms. The van der Waals surface area contributed by atoms with Crippen LogP contribution in [0.2, 0.25) is 0 Å². The largest absolute Gasteiger partial charge is 0.303 e. The fourth-order valence-electron chi connectivity index (χ4n) is 2.95. The van der Waals surface area contributed by atoms with Gasteiger partial charge < -0.3 is 4.79 Å². The van der Waals surface area contributed by atoms with Crippen LogP contribution in [-0.2, 0) is 4.79 Å². The fraction of sp³-hybridized carbons (Fsp3) is 0.929. The van der Waals surface area contributed by atoms with E-state index in [1.165, 1.54) is 32.0 Å². The van der Waals surface area contributed by atoms with Crippen LogP contribution in [-0.4, -0.2) is 6.29 Å². The summed E-state index contributed by atoms with van der Waals surface area (Å²) in [4.78, 5) is 10.9. The van der Waals surface area contributed by atoms with Gasteiger partial charge in [-0.15, -0.1) is 0 Å². The monoisotopic (exact) mass is 210 g/mol. The van der Waals surface area contributed by atoms with Crippen LogP contribution < -0.4 is 0 Å². The molecule has 0 saturated heterocycles. The van der Waals surface area contributed by atoms with Gasteiger partial charge in [0.05, 0.1) is 0 Å². The second-order valence-electron chi connectivity index (χ2n) is 6.19. The van der Waals surface area contributed by atoms with Crippen molar-refractivity contribution in [2.24, 2.45) is 23.2 Å². The summed E-state index contributed by atoms with van der Waals surface area (Å²) < 4.78 is 0. The maximum Gasteiger partial charge on any atom is 0.123 e. The predicted octanol–water partition coefficient (Wildman–Crippen LogP) is 4.06. The highest BCUT2D eigenvalue weighted by Gasteiger charge is 2.32. The van der Waals surface area contributed by atoms with Crippen LogP contribution in [0, 0.1) is 23.2 Å². The second-order valence-corrected chi connectivity index (χ2v) is 6.19. The lowest BCUT2D eigenvalue weighted by Gasteiger charge is -2.38. The minimum atomic E-state index is 0.325. The highest BCUT2D eigenvalue weighted by Crippen LogP contribution is 2.41. The number of hydrogen-bond donors (Lipinski definition) is 0. The number of rotatable bonds is 3. The van der Waals surface area contributed by atoms with E-state index in [1.807, 2.05) is 0 Å². The molecular weight excluding hydrogens is 184 g/mol. The van der Waals surface area contributed by atoms with Crippen molar-refractivity contribution in [3.05, 3.63) is 0 Å². The van der Waals surface area contributed by atoms with Gasteiger partial charge in [0.2, 0.25) is 0 Å². The highest BCUT2D eigenvalue weighted by molar-refractivity contribution is 5.53. The third kappa shape index (κ3) is 3.32. The standard InChI is InChI=1S/C14H26O/c1-5-11(10-15)12-6-8-13(9-7-12)14(2,3)4/h10-13H,5-9H2,1-4H3. The molecule has 0 N–H and O–H groups in total. The van der Waals surface area contributed by atoms with Crippen LogP contribution in [0.5, 0.6) is 0 Å². The molecule has 0 aromatic heterocycles. The van der Waals surface area contributed by atoms with E-state index in [0.717, 1.165) is 12.3 Å². The van der Waals surface area contributed by atoms with Crippen molar-refractivity contribution >= 4 is 6.29 Å². The average Bonchev–Trinajstić information content (AvgIpc) is 2.19. The lowest BCUT2D eigenvalue weighted by molar-refractivity contribution is -0.113. The SMILES string of the molecule is CCC(C=O)C1CCC(C(C)(C)C)CC1. The molecule has 0 aromatic rings. The highest BCUT2D eigenvalue weighted by atomic mass is 16.1. The zero-order valence-electron chi connectivity index (χ0n) is 10.8. The van der Waals surface area contributed by atoms with Gasteiger partial charge in [0.25, 0.3) is 0 Å². The smallest absolute Gasteiger partial charge is 0.123 e. The van der Waals surface area contributed by atoms with Gasteiger partial charge in [-0.05, 0) is 49.4 Å². The molecule has 1 aliphatic carbocycles. The summed E-state index contributed by atoms with van der Waals surface area (Å²) in [5.74, 6) is 1.86. The van der Waals surface area contributed by atoms with Crippen molar-refractivity contribution in [1.29, 1.82) is 0 Å². The molecular formula is C14H26O. The van der Waals surface area contributed by atoms with E-state index in [-0.39, 0.29) is 0 Å². The first-order chi connectivity index (χ1) is 6.99. The Morgan fingerprint density at radius 2 is 1.73 bits per heavy atom. The zero-order valence-corrected chi connectivity index (χ0v) is 10.8. The van der Waals surface area contributed by atoms with E-state index >= 15 is 0 Å². The van der Waals surface area contributed by atoms with Gasteiger partial charge in [-0.2, -0.15) is 0 Å². The Balaban J connectivity index is 2.45. The van der Waals surface area contributed by atoms with Crippen molar-refractivity contribution in [2.45, 2.75) is 59.8 Å². The van der Waals surface area contributed by atoms with Crippen LogP contribution in [0.3, 0.4) is 0 Å². The molecule has 1 aliphatic rings. The molecule has 0 bridgehead atoms. The van der Waals surface area contributed by atoms with E-state index in [9.17, 15) is 4.79 Å². The van der Waals surface area contributed by atoms with Crippen molar-refractivity contribution in [2.75, 3.05) is 0 Å². The van der Waals surface area contributed by atoms with Crippen molar-refractivity contribution in [3.63, 3.8) is 0 Å². The van der Waals surface area contributed by atoms with E-state index in [4.69, 9.17) is 0 Å². The van der Waals surface area contributed by atoms with Gasteiger partial charge >= 0.3 is 0 Å². The summed E-state index contributed by atoms with van der Waals surface area (Å²) in [5, 5.41) is 0. The molecule has 1 saturated carbocycles. The normalized spacial score (nSPS) is 29.9. The molecule has 0 aromatic carbocycles. The van der Waals surface area contributed by atoms with E-state index in [0.29, 0.717) is 17.3 Å². The lowest BCUT2D eigenvalue weighted by Crippen LogP contribution is -2.28. The van der Waals surface area contributed by atoms with Crippen molar-refractivity contribution in [1.82, 2.24) is 0 Å². The Morgan fingerprint density at radius 3 is 2.07 bits per heavy atom. The third-order valence-corrected chi connectivity index (χ3v) is 4.25. The van der Waals surface area contributed by atoms with Crippen LogP contribution >= 0.6 is 0 Å². The average molecular weight is 210 g/mol. The minimum absolute atomic E-state index is 0.325. The van der Waals surface area contributed by atoms with Gasteiger partial charge in [-0.3, -0.25) is 0 Å². The van der Waals surface area contributed by atoms with E-state index in [1.54, 1.807) is 0 Å². The Kier molecular flexibility index (Phi) is 4.36. The second kappa shape index (κ2) is 5.14. The molecule has 1 unspecified atom stereocenters. The Morgan fingerprint density at radius 1 is 1.20 bits per heavy atom. The molecule has 0 heterocycles. The first kappa shape index (κ1) is 12.7. The quantitative estimate of drug-likeness (QED) is 0.642. The predicted molar refractivity (Wildman–Crippen MR) is 64.7 cm³/mol.